The Balaban J connectivity index is 1.76. The number of hydrogen-bond donors (Lipinski definition) is 2. The predicted molar refractivity (Wildman–Crippen MR) is 96.5 cm³/mol. The highest BCUT2D eigenvalue weighted by Gasteiger charge is 2.30. The third-order valence-electron chi connectivity index (χ3n) is 4.24. The van der Waals surface area contributed by atoms with Crippen molar-refractivity contribution in [2.45, 2.75) is 18.5 Å². The van der Waals surface area contributed by atoms with E-state index in [9.17, 15) is 0 Å². The molecular weight excluding hydrogens is 345 g/mol. The Labute approximate surface area is 149 Å². The quantitative estimate of drug-likeness (QED) is 0.714. The first-order chi connectivity index (χ1) is 11.6. The predicted octanol–water partition coefficient (Wildman–Crippen LogP) is 4.31. The van der Waals surface area contributed by atoms with Crippen LogP contribution in [0.25, 0.3) is 0 Å². The molecule has 0 aliphatic carbocycles. The lowest BCUT2D eigenvalue weighted by molar-refractivity contribution is 0.431. The van der Waals surface area contributed by atoms with Gasteiger partial charge in [-0.25, -0.2) is 4.68 Å². The maximum Gasteiger partial charge on any atom is 0.241 e. The number of nitrogens with one attached hydrogen (secondary N) is 1. The Morgan fingerprint density at radius 3 is 2.58 bits per heavy atom. The molecule has 0 saturated heterocycles. The van der Waals surface area contributed by atoms with E-state index in [0.29, 0.717) is 16.0 Å². The third kappa shape index (κ3) is 2.70. The van der Waals surface area contributed by atoms with Crippen molar-refractivity contribution in [1.29, 1.82) is 0 Å². The van der Waals surface area contributed by atoms with E-state index in [1.807, 2.05) is 41.1 Å². The van der Waals surface area contributed by atoms with E-state index in [4.69, 9.17) is 28.9 Å². The summed E-state index contributed by atoms with van der Waals surface area (Å²) in [5.74, 6) is 0.914. The van der Waals surface area contributed by atoms with Gasteiger partial charge in [0, 0.05) is 0 Å². The van der Waals surface area contributed by atoms with Crippen molar-refractivity contribution in [3.8, 4) is 0 Å². The summed E-state index contributed by atoms with van der Waals surface area (Å²) < 4.78 is 1.85. The van der Waals surface area contributed by atoms with Crippen molar-refractivity contribution in [3.05, 3.63) is 69.7 Å². The fraction of sp³-hybridized carbons (Fsp3) is 0.176. The minimum Gasteiger partial charge on any atom is -0.366 e. The van der Waals surface area contributed by atoms with Gasteiger partial charge in [0.15, 0.2) is 0 Å². The molecule has 1 aliphatic heterocycles. The molecule has 0 radical (unpaired) electrons. The second kappa shape index (κ2) is 6.00. The molecule has 2 aromatic carbocycles. The average Bonchev–Trinajstić information content (AvgIpc) is 2.97. The number of nitrogens with zero attached hydrogens (tertiary/aromatic N) is 3. The molecule has 2 heterocycles. The van der Waals surface area contributed by atoms with E-state index in [0.717, 1.165) is 17.5 Å². The summed E-state index contributed by atoms with van der Waals surface area (Å²) in [6, 6.07) is 16.0. The van der Waals surface area contributed by atoms with Crippen LogP contribution in [0.2, 0.25) is 10.0 Å². The summed E-state index contributed by atoms with van der Waals surface area (Å²) >= 11 is 12.2. The molecule has 4 rings (SSSR count). The van der Waals surface area contributed by atoms with Crippen molar-refractivity contribution in [2.75, 3.05) is 11.1 Å². The van der Waals surface area contributed by atoms with Crippen LogP contribution in [0.3, 0.4) is 0 Å². The van der Waals surface area contributed by atoms with Crippen LogP contribution in [0.4, 0.5) is 11.9 Å². The smallest absolute Gasteiger partial charge is 0.241 e. The van der Waals surface area contributed by atoms with E-state index in [-0.39, 0.29) is 18.0 Å². The lowest BCUT2D eigenvalue weighted by Gasteiger charge is -2.31. The van der Waals surface area contributed by atoms with Crippen LogP contribution in [0.15, 0.2) is 48.5 Å². The summed E-state index contributed by atoms with van der Waals surface area (Å²) in [7, 11) is 0. The van der Waals surface area contributed by atoms with Gasteiger partial charge in [-0.1, -0.05) is 59.6 Å². The third-order valence-corrected chi connectivity index (χ3v) is 4.97. The van der Waals surface area contributed by atoms with Gasteiger partial charge in [0.2, 0.25) is 11.9 Å². The first-order valence-electron chi connectivity index (χ1n) is 7.60. The van der Waals surface area contributed by atoms with Crippen LogP contribution in [0.5, 0.6) is 0 Å². The van der Waals surface area contributed by atoms with Gasteiger partial charge >= 0.3 is 0 Å². The van der Waals surface area contributed by atoms with Gasteiger partial charge in [-0.15, -0.1) is 5.10 Å². The Bertz CT molecular complexity index is 878. The monoisotopic (exact) mass is 359 g/mol. The largest absolute Gasteiger partial charge is 0.366 e. The highest BCUT2D eigenvalue weighted by molar-refractivity contribution is 6.42. The summed E-state index contributed by atoms with van der Waals surface area (Å²) in [5, 5.41) is 8.82. The average molecular weight is 360 g/mol. The Kier molecular flexibility index (Phi) is 3.82. The van der Waals surface area contributed by atoms with E-state index in [1.165, 1.54) is 0 Å². The summed E-state index contributed by atoms with van der Waals surface area (Å²) in [6.45, 7) is 0. The molecule has 2 atom stereocenters. The van der Waals surface area contributed by atoms with Gasteiger partial charge in [0.05, 0.1) is 22.1 Å². The van der Waals surface area contributed by atoms with Crippen LogP contribution in [-0.4, -0.2) is 14.8 Å². The van der Waals surface area contributed by atoms with Gasteiger partial charge in [-0.3, -0.25) is 0 Å². The van der Waals surface area contributed by atoms with E-state index < -0.39 is 0 Å². The standard InChI is InChI=1S/C17H15Cl2N5/c18-12-7-6-11(8-13(12)19)14-9-15(10-4-2-1-3-5-10)24-17(21-14)22-16(20)23-24/h1-8,14-15H,9H2,(H3,20,21,22,23)/t14-,15-/m1/s1. The molecular formula is C17H15Cl2N5. The second-order valence-corrected chi connectivity index (χ2v) is 6.59. The van der Waals surface area contributed by atoms with Gasteiger partial charge in [-0.05, 0) is 29.7 Å². The van der Waals surface area contributed by atoms with Gasteiger partial charge < -0.3 is 11.1 Å². The lowest BCUT2D eigenvalue weighted by atomic mass is 9.93. The fourth-order valence-electron chi connectivity index (χ4n) is 3.09. The number of fused-ring (bicyclic) bond motifs is 1. The van der Waals surface area contributed by atoms with Crippen molar-refractivity contribution in [3.63, 3.8) is 0 Å². The lowest BCUT2D eigenvalue weighted by Crippen LogP contribution is -2.28. The second-order valence-electron chi connectivity index (χ2n) is 5.77. The molecule has 7 heteroatoms. The number of aromatic nitrogens is 3. The Hall–Kier alpha value is -2.24. The topological polar surface area (TPSA) is 68.8 Å². The summed E-state index contributed by atoms with van der Waals surface area (Å²) in [4.78, 5) is 4.30. The molecule has 1 aromatic heterocycles. The van der Waals surface area contributed by atoms with Gasteiger partial charge in [0.1, 0.15) is 0 Å². The van der Waals surface area contributed by atoms with E-state index in [1.54, 1.807) is 0 Å². The number of nitrogen functional groups attached to an aromatic ring is 1. The van der Waals surface area contributed by atoms with Crippen molar-refractivity contribution in [2.24, 2.45) is 0 Å². The Morgan fingerprint density at radius 2 is 1.83 bits per heavy atom. The van der Waals surface area contributed by atoms with Crippen LogP contribution in [-0.2, 0) is 0 Å². The molecule has 3 N–H and O–H groups in total. The maximum absolute atomic E-state index is 6.18. The summed E-state index contributed by atoms with van der Waals surface area (Å²) in [6.07, 6.45) is 0.803. The first-order valence-corrected chi connectivity index (χ1v) is 8.36. The normalized spacial score (nSPS) is 19.6. The first kappa shape index (κ1) is 15.3. The molecule has 0 amide bonds. The van der Waals surface area contributed by atoms with Crippen molar-refractivity contribution >= 4 is 35.1 Å². The zero-order valence-corrected chi connectivity index (χ0v) is 14.2. The van der Waals surface area contributed by atoms with Crippen molar-refractivity contribution in [1.82, 2.24) is 14.8 Å². The van der Waals surface area contributed by atoms with Gasteiger partial charge in [-0.2, -0.15) is 4.98 Å². The number of hydrogen-bond acceptors (Lipinski definition) is 4. The van der Waals surface area contributed by atoms with E-state index >= 15 is 0 Å². The molecule has 122 valence electrons. The van der Waals surface area contributed by atoms with E-state index in [2.05, 4.69) is 27.5 Å². The molecule has 0 bridgehead atoms. The molecule has 1 aliphatic rings. The minimum atomic E-state index is 0.0427. The summed E-state index contributed by atoms with van der Waals surface area (Å²) in [5.41, 5.74) is 8.02. The highest BCUT2D eigenvalue weighted by atomic mass is 35.5. The van der Waals surface area contributed by atoms with Crippen molar-refractivity contribution < 1.29 is 0 Å². The molecule has 3 aromatic rings. The number of halogens is 2. The van der Waals surface area contributed by atoms with Crippen LogP contribution < -0.4 is 11.1 Å². The molecule has 5 nitrogen and oxygen atoms in total. The van der Waals surface area contributed by atoms with Crippen LogP contribution in [0, 0.1) is 0 Å². The maximum atomic E-state index is 6.18. The SMILES string of the molecule is Nc1nc2n(n1)[C@@H](c1ccccc1)C[C@H](c1ccc(Cl)c(Cl)c1)N2. The van der Waals surface area contributed by atoms with Gasteiger partial charge in [0.25, 0.3) is 0 Å². The molecule has 0 unspecified atom stereocenters. The highest BCUT2D eigenvalue weighted by Crippen LogP contribution is 2.39. The minimum absolute atomic E-state index is 0.0427. The number of anilines is 2. The number of benzene rings is 2. The van der Waals surface area contributed by atoms with Crippen LogP contribution >= 0.6 is 23.2 Å². The zero-order valence-electron chi connectivity index (χ0n) is 12.7. The molecule has 0 saturated carbocycles. The number of nitrogens with two attached hydrogens (primary N) is 1. The molecule has 24 heavy (non-hydrogen) atoms. The van der Waals surface area contributed by atoms with Crippen LogP contribution in [0.1, 0.15) is 29.6 Å². The molecule has 0 spiro atoms. The Morgan fingerprint density at radius 1 is 1.04 bits per heavy atom. The molecule has 0 fully saturated rings. The fourth-order valence-corrected chi connectivity index (χ4v) is 3.40. The zero-order chi connectivity index (χ0) is 16.7. The number of rotatable bonds is 2.